The van der Waals surface area contributed by atoms with Crippen LogP contribution in [-0.4, -0.2) is 0 Å². The summed E-state index contributed by atoms with van der Waals surface area (Å²) in [7, 11) is 0. The largest absolute Gasteiger partial charge is 0.221 e. The average molecular weight is 379 g/mol. The lowest BCUT2D eigenvalue weighted by molar-refractivity contribution is -0.755. The van der Waals surface area contributed by atoms with Crippen molar-refractivity contribution in [3.05, 3.63) is 90.6 Å². The monoisotopic (exact) mass is 378 g/mol. The van der Waals surface area contributed by atoms with Crippen LogP contribution in [0, 0.1) is 0 Å². The second-order valence-corrected chi connectivity index (χ2v) is 8.26. The number of nitrogens with zero attached hydrogens (tertiary/aromatic N) is 1. The van der Waals surface area contributed by atoms with Gasteiger partial charge in [-0.1, -0.05) is 80.6 Å². The SMILES string of the molecule is CCC1(CC)CCc2ccccc2-c2c3ccccc3c(-c3ccccc3)c[n+]21. The van der Waals surface area contributed by atoms with Gasteiger partial charge in [-0.25, -0.2) is 0 Å². The molecule has 1 aliphatic rings. The Labute approximate surface area is 173 Å². The normalized spacial score (nSPS) is 14.8. The van der Waals surface area contributed by atoms with E-state index in [0.717, 1.165) is 19.3 Å². The Morgan fingerprint density at radius 2 is 1.38 bits per heavy atom. The first-order chi connectivity index (χ1) is 14.3. The van der Waals surface area contributed by atoms with Crippen molar-refractivity contribution in [1.29, 1.82) is 0 Å². The highest BCUT2D eigenvalue weighted by Crippen LogP contribution is 2.40. The molecule has 0 atom stereocenters. The fourth-order valence-corrected chi connectivity index (χ4v) is 5.22. The predicted octanol–water partition coefficient (Wildman–Crippen LogP) is 6.92. The van der Waals surface area contributed by atoms with E-state index in [0.29, 0.717) is 0 Å². The number of fused-ring (bicyclic) bond motifs is 5. The van der Waals surface area contributed by atoms with Gasteiger partial charge >= 0.3 is 0 Å². The summed E-state index contributed by atoms with van der Waals surface area (Å²) in [6.45, 7) is 4.71. The maximum atomic E-state index is 2.64. The fourth-order valence-electron chi connectivity index (χ4n) is 5.22. The number of hydrogen-bond donors (Lipinski definition) is 0. The first kappa shape index (κ1) is 18.1. The molecule has 1 nitrogen and oxygen atoms in total. The summed E-state index contributed by atoms with van der Waals surface area (Å²) in [5, 5.41) is 2.69. The third-order valence-electron chi connectivity index (χ3n) is 7.02. The first-order valence-corrected chi connectivity index (χ1v) is 10.9. The molecule has 0 saturated heterocycles. The van der Waals surface area contributed by atoms with Gasteiger partial charge in [-0.05, 0) is 29.7 Å². The number of aryl methyl sites for hydroxylation is 1. The Kier molecular flexibility index (Phi) is 4.47. The van der Waals surface area contributed by atoms with Crippen LogP contribution in [0.25, 0.3) is 33.2 Å². The highest BCUT2D eigenvalue weighted by molar-refractivity contribution is 6.02. The minimum Gasteiger partial charge on any atom is -0.192 e. The van der Waals surface area contributed by atoms with Gasteiger partial charge in [-0.15, -0.1) is 0 Å². The Bertz CT molecular complexity index is 1170. The van der Waals surface area contributed by atoms with Gasteiger partial charge in [0.05, 0.1) is 16.5 Å². The number of aromatic nitrogens is 1. The van der Waals surface area contributed by atoms with E-state index in [4.69, 9.17) is 0 Å². The summed E-state index contributed by atoms with van der Waals surface area (Å²) >= 11 is 0. The molecule has 4 aromatic rings. The van der Waals surface area contributed by atoms with Gasteiger partial charge in [0.2, 0.25) is 5.69 Å². The highest BCUT2D eigenvalue weighted by atomic mass is 15.1. The summed E-state index contributed by atoms with van der Waals surface area (Å²) < 4.78 is 2.64. The Balaban J connectivity index is 1.96. The maximum absolute atomic E-state index is 2.64. The Hall–Kier alpha value is -2.93. The quantitative estimate of drug-likeness (QED) is 0.341. The van der Waals surface area contributed by atoms with Gasteiger partial charge in [0, 0.05) is 24.6 Å². The highest BCUT2D eigenvalue weighted by Gasteiger charge is 2.42. The molecular formula is C28H28N+. The van der Waals surface area contributed by atoms with E-state index in [2.05, 4.69) is 103 Å². The molecule has 1 aliphatic heterocycles. The molecule has 5 rings (SSSR count). The number of rotatable bonds is 3. The zero-order valence-corrected chi connectivity index (χ0v) is 17.4. The van der Waals surface area contributed by atoms with Crippen LogP contribution in [0.1, 0.15) is 38.7 Å². The first-order valence-electron chi connectivity index (χ1n) is 10.9. The fraction of sp³-hybridized carbons (Fsp3) is 0.250. The van der Waals surface area contributed by atoms with Gasteiger partial charge in [-0.2, -0.15) is 4.57 Å². The van der Waals surface area contributed by atoms with Crippen LogP contribution >= 0.6 is 0 Å². The molecule has 0 amide bonds. The van der Waals surface area contributed by atoms with Crippen molar-refractivity contribution in [2.75, 3.05) is 0 Å². The van der Waals surface area contributed by atoms with Gasteiger partial charge in [0.15, 0.2) is 11.7 Å². The molecule has 144 valence electrons. The van der Waals surface area contributed by atoms with Crippen molar-refractivity contribution in [3.63, 3.8) is 0 Å². The van der Waals surface area contributed by atoms with E-state index < -0.39 is 0 Å². The van der Waals surface area contributed by atoms with Crippen molar-refractivity contribution in [2.24, 2.45) is 0 Å². The number of hydrogen-bond acceptors (Lipinski definition) is 0. The molecule has 29 heavy (non-hydrogen) atoms. The molecule has 0 saturated carbocycles. The van der Waals surface area contributed by atoms with Gasteiger partial charge < -0.3 is 0 Å². The van der Waals surface area contributed by atoms with Crippen molar-refractivity contribution < 1.29 is 4.57 Å². The second kappa shape index (κ2) is 7.15. The second-order valence-electron chi connectivity index (χ2n) is 8.26. The number of benzene rings is 3. The summed E-state index contributed by atoms with van der Waals surface area (Å²) in [6.07, 6.45) is 7.04. The average Bonchev–Trinajstić information content (AvgIpc) is 2.94. The smallest absolute Gasteiger partial charge is 0.192 e. The lowest BCUT2D eigenvalue weighted by Crippen LogP contribution is -2.56. The summed E-state index contributed by atoms with van der Waals surface area (Å²) in [5.41, 5.74) is 7.02. The van der Waals surface area contributed by atoms with Gasteiger partial charge in [0.25, 0.3) is 0 Å². The van der Waals surface area contributed by atoms with E-state index in [1.54, 1.807) is 0 Å². The topological polar surface area (TPSA) is 3.88 Å². The summed E-state index contributed by atoms with van der Waals surface area (Å²) in [4.78, 5) is 0. The zero-order chi connectivity index (χ0) is 19.8. The minimum absolute atomic E-state index is 0.141. The predicted molar refractivity (Wildman–Crippen MR) is 122 cm³/mol. The molecule has 1 aromatic heterocycles. The van der Waals surface area contributed by atoms with Gasteiger partial charge in [0.1, 0.15) is 0 Å². The molecule has 0 N–H and O–H groups in total. The van der Waals surface area contributed by atoms with Crippen LogP contribution in [0.4, 0.5) is 0 Å². The molecular weight excluding hydrogens is 350 g/mol. The van der Waals surface area contributed by atoms with Crippen molar-refractivity contribution in [3.8, 4) is 22.4 Å². The third kappa shape index (κ3) is 2.80. The van der Waals surface area contributed by atoms with Crippen LogP contribution in [0.2, 0.25) is 0 Å². The number of pyridine rings is 1. The lowest BCUT2D eigenvalue weighted by atomic mass is 9.86. The lowest BCUT2D eigenvalue weighted by Gasteiger charge is -2.27. The molecule has 3 aromatic carbocycles. The third-order valence-corrected chi connectivity index (χ3v) is 7.02. The van der Waals surface area contributed by atoms with Gasteiger partial charge in [-0.3, -0.25) is 0 Å². The summed E-state index contributed by atoms with van der Waals surface area (Å²) in [5.74, 6) is 0. The van der Waals surface area contributed by atoms with Crippen LogP contribution in [0.15, 0.2) is 85.1 Å². The Morgan fingerprint density at radius 3 is 2.14 bits per heavy atom. The standard InChI is InChI=1S/C28H28N/c1-3-28(4-2)19-18-22-14-8-9-15-23(22)27-25-17-11-10-16-24(25)26(20-29(27)28)21-12-6-5-7-13-21/h5-17,20H,3-4,18-19H2,1-2H3/q+1. The van der Waals surface area contributed by atoms with Crippen molar-refractivity contribution in [2.45, 2.75) is 45.1 Å². The summed E-state index contributed by atoms with van der Waals surface area (Å²) in [6, 6.07) is 28.8. The maximum Gasteiger partial charge on any atom is 0.221 e. The van der Waals surface area contributed by atoms with Crippen LogP contribution in [0.5, 0.6) is 0 Å². The zero-order valence-electron chi connectivity index (χ0n) is 17.4. The van der Waals surface area contributed by atoms with Crippen molar-refractivity contribution >= 4 is 10.8 Å². The molecule has 0 bridgehead atoms. The van der Waals surface area contributed by atoms with Crippen LogP contribution in [0.3, 0.4) is 0 Å². The molecule has 0 radical (unpaired) electrons. The molecule has 0 unspecified atom stereocenters. The minimum atomic E-state index is 0.141. The van der Waals surface area contributed by atoms with E-state index >= 15 is 0 Å². The molecule has 1 heteroatoms. The van der Waals surface area contributed by atoms with E-state index in [1.165, 1.54) is 45.1 Å². The van der Waals surface area contributed by atoms with Crippen LogP contribution < -0.4 is 4.57 Å². The van der Waals surface area contributed by atoms with Crippen molar-refractivity contribution in [1.82, 2.24) is 0 Å². The molecule has 0 aliphatic carbocycles. The van der Waals surface area contributed by atoms with E-state index in [1.807, 2.05) is 0 Å². The van der Waals surface area contributed by atoms with E-state index in [9.17, 15) is 0 Å². The van der Waals surface area contributed by atoms with Crippen LogP contribution in [-0.2, 0) is 12.0 Å². The van der Waals surface area contributed by atoms with E-state index in [-0.39, 0.29) is 5.54 Å². The molecule has 2 heterocycles. The molecule has 0 spiro atoms. The Morgan fingerprint density at radius 1 is 0.724 bits per heavy atom. The molecule has 0 fully saturated rings.